The Labute approximate surface area is 158 Å². The van der Waals surface area contributed by atoms with Crippen molar-refractivity contribution >= 4 is 49.4 Å². The largest absolute Gasteiger partial charge is 0.352 e. The van der Waals surface area contributed by atoms with E-state index < -0.39 is 0 Å². The highest BCUT2D eigenvalue weighted by atomic mass is 16.1. The number of anilines is 1. The Bertz CT molecular complexity index is 1530. The molecule has 0 spiro atoms. The normalized spacial score (nSPS) is 11.9. The molecule has 0 unspecified atom stereocenters. The Morgan fingerprint density at radius 1 is 0.893 bits per heavy atom. The van der Waals surface area contributed by atoms with Gasteiger partial charge in [0.15, 0.2) is 11.2 Å². The summed E-state index contributed by atoms with van der Waals surface area (Å²) >= 11 is 0. The highest BCUT2D eigenvalue weighted by Gasteiger charge is 2.11. The van der Waals surface area contributed by atoms with E-state index in [4.69, 9.17) is 0 Å². The Hall–Kier alpha value is -3.93. The fourth-order valence-electron chi connectivity index (χ4n) is 4.06. The second kappa shape index (κ2) is 5.53. The van der Waals surface area contributed by atoms with Gasteiger partial charge in [-0.25, -0.2) is 4.98 Å². The summed E-state index contributed by atoms with van der Waals surface area (Å²) in [5, 5.41) is 10.7. The van der Waals surface area contributed by atoms with Crippen LogP contribution in [0.3, 0.4) is 0 Å². The SMILES string of the molecule is O=c1[nH]c(NCc2ccc3ccc4cccc5ccc2c3c45)nc2nc[nH]c12. The van der Waals surface area contributed by atoms with Crippen LogP contribution in [0.15, 0.2) is 65.7 Å². The van der Waals surface area contributed by atoms with Crippen LogP contribution < -0.4 is 10.9 Å². The molecule has 0 aliphatic carbocycles. The molecule has 6 heteroatoms. The highest BCUT2D eigenvalue weighted by Crippen LogP contribution is 2.35. The number of nitrogens with zero attached hydrogens (tertiary/aromatic N) is 2. The average molecular weight is 365 g/mol. The molecular formula is C22H15N5O. The molecule has 0 aliphatic heterocycles. The van der Waals surface area contributed by atoms with E-state index in [2.05, 4.69) is 79.9 Å². The second-order valence-corrected chi connectivity index (χ2v) is 6.95. The van der Waals surface area contributed by atoms with Crippen LogP contribution in [0.25, 0.3) is 43.5 Å². The maximum absolute atomic E-state index is 12.1. The number of aromatic nitrogens is 4. The minimum Gasteiger partial charge on any atom is -0.352 e. The molecule has 0 bridgehead atoms. The summed E-state index contributed by atoms with van der Waals surface area (Å²) in [6.45, 7) is 0.549. The predicted molar refractivity (Wildman–Crippen MR) is 112 cm³/mol. The van der Waals surface area contributed by atoms with Crippen LogP contribution in [-0.2, 0) is 6.54 Å². The smallest absolute Gasteiger partial charge is 0.278 e. The van der Waals surface area contributed by atoms with Gasteiger partial charge in [0.25, 0.3) is 5.56 Å². The number of fused-ring (bicyclic) bond motifs is 1. The third-order valence-electron chi connectivity index (χ3n) is 5.36. The van der Waals surface area contributed by atoms with Gasteiger partial charge in [-0.1, -0.05) is 54.6 Å². The minimum atomic E-state index is -0.236. The fourth-order valence-corrected chi connectivity index (χ4v) is 4.06. The monoisotopic (exact) mass is 365 g/mol. The number of aromatic amines is 2. The van der Waals surface area contributed by atoms with Crippen LogP contribution in [0.1, 0.15) is 5.56 Å². The van der Waals surface area contributed by atoms with Crippen molar-refractivity contribution < 1.29 is 0 Å². The molecule has 134 valence electrons. The second-order valence-electron chi connectivity index (χ2n) is 6.95. The summed E-state index contributed by atoms with van der Waals surface area (Å²) in [6, 6.07) is 19.4. The molecule has 6 aromatic rings. The van der Waals surface area contributed by atoms with Crippen LogP contribution >= 0.6 is 0 Å². The summed E-state index contributed by atoms with van der Waals surface area (Å²) in [6.07, 6.45) is 1.47. The summed E-state index contributed by atoms with van der Waals surface area (Å²) in [4.78, 5) is 26.1. The fraction of sp³-hybridized carbons (Fsp3) is 0.0455. The van der Waals surface area contributed by atoms with Gasteiger partial charge in [-0.15, -0.1) is 0 Å². The van der Waals surface area contributed by atoms with Crippen LogP contribution in [0.5, 0.6) is 0 Å². The van der Waals surface area contributed by atoms with Gasteiger partial charge in [0.2, 0.25) is 5.95 Å². The van der Waals surface area contributed by atoms with Crippen molar-refractivity contribution in [1.82, 2.24) is 19.9 Å². The Kier molecular flexibility index (Phi) is 3.00. The maximum atomic E-state index is 12.1. The average Bonchev–Trinajstić information content (AvgIpc) is 3.20. The first-order chi connectivity index (χ1) is 13.8. The summed E-state index contributed by atoms with van der Waals surface area (Å²) in [5.41, 5.74) is 1.70. The number of hydrogen-bond acceptors (Lipinski definition) is 4. The molecule has 2 heterocycles. The first kappa shape index (κ1) is 15.2. The Morgan fingerprint density at radius 3 is 2.50 bits per heavy atom. The van der Waals surface area contributed by atoms with Crippen LogP contribution in [0, 0.1) is 0 Å². The van der Waals surface area contributed by atoms with Gasteiger partial charge in [-0.3, -0.25) is 9.78 Å². The standard InChI is InChI=1S/C22H15N5O/c28-21-19-20(25-11-24-19)26-22(27-21)23-10-15-7-6-14-5-4-12-2-1-3-13-8-9-16(15)18(14)17(12)13/h1-9,11H,10H2,(H3,23,24,25,26,27,28). The van der Waals surface area contributed by atoms with E-state index in [1.165, 1.54) is 38.6 Å². The van der Waals surface area contributed by atoms with Gasteiger partial charge in [-0.05, 0) is 37.9 Å². The summed E-state index contributed by atoms with van der Waals surface area (Å²) in [5.74, 6) is 0.412. The first-order valence-corrected chi connectivity index (χ1v) is 9.10. The van der Waals surface area contributed by atoms with Crippen molar-refractivity contribution in [1.29, 1.82) is 0 Å². The molecule has 0 saturated carbocycles. The van der Waals surface area contributed by atoms with E-state index in [1.54, 1.807) is 0 Å². The molecule has 4 aromatic carbocycles. The topological polar surface area (TPSA) is 86.5 Å². The molecule has 0 amide bonds. The minimum absolute atomic E-state index is 0.236. The van der Waals surface area contributed by atoms with E-state index in [1.807, 2.05) is 0 Å². The summed E-state index contributed by atoms with van der Waals surface area (Å²) in [7, 11) is 0. The van der Waals surface area contributed by atoms with Crippen molar-refractivity contribution in [3.8, 4) is 0 Å². The molecule has 0 fully saturated rings. The van der Waals surface area contributed by atoms with Crippen molar-refractivity contribution in [2.45, 2.75) is 6.54 Å². The zero-order chi connectivity index (χ0) is 18.7. The van der Waals surface area contributed by atoms with Gasteiger partial charge < -0.3 is 10.3 Å². The molecule has 0 saturated heterocycles. The van der Waals surface area contributed by atoms with Gasteiger partial charge in [-0.2, -0.15) is 4.98 Å². The molecular weight excluding hydrogens is 350 g/mol. The first-order valence-electron chi connectivity index (χ1n) is 9.10. The van der Waals surface area contributed by atoms with Crippen molar-refractivity contribution in [3.05, 3.63) is 76.8 Å². The third-order valence-corrected chi connectivity index (χ3v) is 5.36. The van der Waals surface area contributed by atoms with Crippen LogP contribution in [0.4, 0.5) is 5.95 Å². The number of hydrogen-bond donors (Lipinski definition) is 3. The zero-order valence-electron chi connectivity index (χ0n) is 14.8. The molecule has 6 rings (SSSR count). The molecule has 0 radical (unpaired) electrons. The number of rotatable bonds is 3. The van der Waals surface area contributed by atoms with Gasteiger partial charge in [0.05, 0.1) is 6.33 Å². The lowest BCUT2D eigenvalue weighted by atomic mass is 9.92. The number of H-pyrrole nitrogens is 2. The van der Waals surface area contributed by atoms with Gasteiger partial charge in [0, 0.05) is 6.54 Å². The predicted octanol–water partition coefficient (Wildman–Crippen LogP) is 4.16. The van der Waals surface area contributed by atoms with Crippen molar-refractivity contribution in [2.75, 3.05) is 5.32 Å². The molecule has 0 aliphatic rings. The van der Waals surface area contributed by atoms with E-state index in [9.17, 15) is 4.79 Å². The molecule has 28 heavy (non-hydrogen) atoms. The van der Waals surface area contributed by atoms with Gasteiger partial charge in [0.1, 0.15) is 0 Å². The number of imidazole rings is 1. The zero-order valence-corrected chi connectivity index (χ0v) is 14.8. The van der Waals surface area contributed by atoms with Crippen LogP contribution in [-0.4, -0.2) is 19.9 Å². The number of benzene rings is 4. The lowest BCUT2D eigenvalue weighted by molar-refractivity contribution is 1.06. The van der Waals surface area contributed by atoms with E-state index in [-0.39, 0.29) is 5.56 Å². The lowest BCUT2D eigenvalue weighted by Crippen LogP contribution is -2.13. The van der Waals surface area contributed by atoms with E-state index in [0.717, 1.165) is 5.56 Å². The third kappa shape index (κ3) is 2.11. The Morgan fingerprint density at radius 2 is 1.64 bits per heavy atom. The van der Waals surface area contributed by atoms with Gasteiger partial charge >= 0.3 is 0 Å². The summed E-state index contributed by atoms with van der Waals surface area (Å²) < 4.78 is 0. The molecule has 6 nitrogen and oxygen atoms in total. The maximum Gasteiger partial charge on any atom is 0.278 e. The lowest BCUT2D eigenvalue weighted by Gasteiger charge is -2.14. The molecule has 3 N–H and O–H groups in total. The van der Waals surface area contributed by atoms with E-state index >= 15 is 0 Å². The number of nitrogens with one attached hydrogen (secondary N) is 3. The van der Waals surface area contributed by atoms with E-state index in [0.29, 0.717) is 23.7 Å². The quantitative estimate of drug-likeness (QED) is 0.411. The van der Waals surface area contributed by atoms with Crippen molar-refractivity contribution in [3.63, 3.8) is 0 Å². The Balaban J connectivity index is 1.47. The molecule has 0 atom stereocenters. The molecule has 2 aromatic heterocycles. The highest BCUT2D eigenvalue weighted by molar-refractivity contribution is 6.23. The van der Waals surface area contributed by atoms with Crippen LogP contribution in [0.2, 0.25) is 0 Å². The van der Waals surface area contributed by atoms with Crippen molar-refractivity contribution in [2.24, 2.45) is 0 Å².